The third kappa shape index (κ3) is 2.92. The van der Waals surface area contributed by atoms with Gasteiger partial charge in [-0.2, -0.15) is 0 Å². The van der Waals surface area contributed by atoms with E-state index in [-0.39, 0.29) is 0 Å². The maximum atomic E-state index is 4.55. The summed E-state index contributed by atoms with van der Waals surface area (Å²) in [7, 11) is 0. The van der Waals surface area contributed by atoms with Gasteiger partial charge in [-0.15, -0.1) is 0 Å². The third-order valence-corrected chi connectivity index (χ3v) is 3.43. The average molecular weight is 253 g/mol. The Kier molecular flexibility index (Phi) is 3.45. The third-order valence-electron chi connectivity index (χ3n) is 3.43. The Labute approximate surface area is 114 Å². The van der Waals surface area contributed by atoms with Crippen LogP contribution in [0.25, 0.3) is 11.4 Å². The van der Waals surface area contributed by atoms with Gasteiger partial charge in [0.25, 0.3) is 0 Å². The fourth-order valence-corrected chi connectivity index (χ4v) is 2.17. The predicted molar refractivity (Wildman–Crippen MR) is 78.2 cm³/mol. The molecule has 3 nitrogen and oxygen atoms in total. The number of nitrogens with one attached hydrogen (secondary N) is 1. The van der Waals surface area contributed by atoms with Crippen molar-refractivity contribution in [1.82, 2.24) is 9.97 Å². The molecule has 1 heterocycles. The second kappa shape index (κ2) is 5.39. The maximum Gasteiger partial charge on any atom is 0.161 e. The first-order valence-electron chi connectivity index (χ1n) is 7.04. The van der Waals surface area contributed by atoms with E-state index in [1.807, 2.05) is 12.3 Å². The van der Waals surface area contributed by atoms with Gasteiger partial charge in [0.2, 0.25) is 0 Å². The monoisotopic (exact) mass is 253 g/mol. The Morgan fingerprint density at radius 3 is 2.63 bits per heavy atom. The van der Waals surface area contributed by atoms with Gasteiger partial charge in [0.15, 0.2) is 5.82 Å². The van der Waals surface area contributed by atoms with Gasteiger partial charge in [-0.3, -0.25) is 0 Å². The van der Waals surface area contributed by atoms with Crippen LogP contribution in [0, 0.1) is 0 Å². The first kappa shape index (κ1) is 12.2. The second-order valence-electron chi connectivity index (χ2n) is 5.09. The van der Waals surface area contributed by atoms with E-state index in [4.69, 9.17) is 0 Å². The van der Waals surface area contributed by atoms with Crippen LogP contribution in [0.2, 0.25) is 0 Å². The molecular weight excluding hydrogens is 234 g/mol. The van der Waals surface area contributed by atoms with Crippen molar-refractivity contribution in [2.24, 2.45) is 0 Å². The van der Waals surface area contributed by atoms with E-state index in [0.717, 1.165) is 36.1 Å². The normalized spacial score (nSPS) is 14.4. The maximum absolute atomic E-state index is 4.55. The van der Waals surface area contributed by atoms with Gasteiger partial charge in [-0.1, -0.05) is 31.2 Å². The zero-order valence-corrected chi connectivity index (χ0v) is 11.3. The van der Waals surface area contributed by atoms with Crippen LogP contribution in [0.3, 0.4) is 0 Å². The highest BCUT2D eigenvalue weighted by atomic mass is 15.0. The van der Waals surface area contributed by atoms with Crippen molar-refractivity contribution >= 4 is 5.82 Å². The Morgan fingerprint density at radius 1 is 1.16 bits per heavy atom. The highest BCUT2D eigenvalue weighted by Crippen LogP contribution is 2.40. The molecule has 1 aliphatic carbocycles. The SMILES string of the molecule is CCCNc1ccnc(-c2ccc(C3CC3)cc2)n1. The summed E-state index contributed by atoms with van der Waals surface area (Å²) in [6.45, 7) is 3.09. The molecule has 1 aromatic heterocycles. The van der Waals surface area contributed by atoms with E-state index in [1.54, 1.807) is 0 Å². The molecule has 0 saturated heterocycles. The number of aromatic nitrogens is 2. The number of nitrogens with zero attached hydrogens (tertiary/aromatic N) is 2. The molecular formula is C16H19N3. The summed E-state index contributed by atoms with van der Waals surface area (Å²) in [5, 5.41) is 3.29. The van der Waals surface area contributed by atoms with E-state index in [9.17, 15) is 0 Å². The van der Waals surface area contributed by atoms with Gasteiger partial charge in [-0.25, -0.2) is 9.97 Å². The molecule has 1 aliphatic rings. The molecule has 98 valence electrons. The predicted octanol–water partition coefficient (Wildman–Crippen LogP) is 3.84. The van der Waals surface area contributed by atoms with E-state index >= 15 is 0 Å². The minimum Gasteiger partial charge on any atom is -0.370 e. The number of rotatable bonds is 5. The Hall–Kier alpha value is -1.90. The highest BCUT2D eigenvalue weighted by molar-refractivity contribution is 5.57. The van der Waals surface area contributed by atoms with Crippen LogP contribution in [-0.2, 0) is 0 Å². The molecule has 19 heavy (non-hydrogen) atoms. The number of hydrogen-bond donors (Lipinski definition) is 1. The van der Waals surface area contributed by atoms with Crippen molar-refractivity contribution in [3.05, 3.63) is 42.1 Å². The zero-order valence-electron chi connectivity index (χ0n) is 11.3. The zero-order chi connectivity index (χ0) is 13.1. The molecule has 1 N–H and O–H groups in total. The van der Waals surface area contributed by atoms with Crippen LogP contribution < -0.4 is 5.32 Å². The molecule has 0 spiro atoms. The lowest BCUT2D eigenvalue weighted by atomic mass is 10.1. The Bertz CT molecular complexity index is 544. The van der Waals surface area contributed by atoms with Crippen LogP contribution >= 0.6 is 0 Å². The van der Waals surface area contributed by atoms with Gasteiger partial charge in [0.1, 0.15) is 5.82 Å². The van der Waals surface area contributed by atoms with Crippen molar-refractivity contribution in [2.75, 3.05) is 11.9 Å². The van der Waals surface area contributed by atoms with E-state index in [2.05, 4.69) is 46.5 Å². The van der Waals surface area contributed by atoms with Gasteiger partial charge < -0.3 is 5.32 Å². The van der Waals surface area contributed by atoms with Crippen molar-refractivity contribution in [3.63, 3.8) is 0 Å². The van der Waals surface area contributed by atoms with Crippen molar-refractivity contribution in [3.8, 4) is 11.4 Å². The fraction of sp³-hybridized carbons (Fsp3) is 0.375. The van der Waals surface area contributed by atoms with Crippen molar-refractivity contribution in [2.45, 2.75) is 32.1 Å². The highest BCUT2D eigenvalue weighted by Gasteiger charge is 2.23. The molecule has 0 radical (unpaired) electrons. The van der Waals surface area contributed by atoms with Crippen LogP contribution in [0.4, 0.5) is 5.82 Å². The lowest BCUT2D eigenvalue weighted by Gasteiger charge is -2.06. The largest absolute Gasteiger partial charge is 0.370 e. The van der Waals surface area contributed by atoms with Gasteiger partial charge in [0.05, 0.1) is 0 Å². The summed E-state index contributed by atoms with van der Waals surface area (Å²) < 4.78 is 0. The molecule has 3 heteroatoms. The molecule has 0 unspecified atom stereocenters. The Morgan fingerprint density at radius 2 is 1.95 bits per heavy atom. The summed E-state index contributed by atoms with van der Waals surface area (Å²) in [6.07, 6.45) is 5.59. The van der Waals surface area contributed by atoms with Gasteiger partial charge in [0, 0.05) is 18.3 Å². The minimum atomic E-state index is 0.795. The fourth-order valence-electron chi connectivity index (χ4n) is 2.17. The molecule has 2 aromatic rings. The van der Waals surface area contributed by atoms with Crippen LogP contribution in [0.15, 0.2) is 36.5 Å². The summed E-state index contributed by atoms with van der Waals surface area (Å²) >= 11 is 0. The number of anilines is 1. The molecule has 0 atom stereocenters. The number of benzene rings is 1. The van der Waals surface area contributed by atoms with Crippen LogP contribution in [0.5, 0.6) is 0 Å². The lowest BCUT2D eigenvalue weighted by Crippen LogP contribution is -2.03. The van der Waals surface area contributed by atoms with Crippen LogP contribution in [-0.4, -0.2) is 16.5 Å². The smallest absolute Gasteiger partial charge is 0.161 e. The summed E-state index contributed by atoms with van der Waals surface area (Å²) in [4.78, 5) is 8.91. The summed E-state index contributed by atoms with van der Waals surface area (Å²) in [5.41, 5.74) is 2.54. The van der Waals surface area contributed by atoms with E-state index < -0.39 is 0 Å². The first-order chi connectivity index (χ1) is 9.36. The van der Waals surface area contributed by atoms with E-state index in [1.165, 1.54) is 18.4 Å². The average Bonchev–Trinajstić information content (AvgIpc) is 3.30. The van der Waals surface area contributed by atoms with Crippen molar-refractivity contribution in [1.29, 1.82) is 0 Å². The van der Waals surface area contributed by atoms with Gasteiger partial charge in [-0.05, 0) is 36.8 Å². The topological polar surface area (TPSA) is 37.8 Å². The summed E-state index contributed by atoms with van der Waals surface area (Å²) in [6, 6.07) is 10.6. The van der Waals surface area contributed by atoms with E-state index in [0.29, 0.717) is 0 Å². The lowest BCUT2D eigenvalue weighted by molar-refractivity contribution is 0.966. The summed E-state index contributed by atoms with van der Waals surface area (Å²) in [5.74, 6) is 2.49. The van der Waals surface area contributed by atoms with Gasteiger partial charge >= 0.3 is 0 Å². The molecule has 0 amide bonds. The molecule has 1 saturated carbocycles. The molecule has 0 bridgehead atoms. The van der Waals surface area contributed by atoms with Crippen LogP contribution in [0.1, 0.15) is 37.7 Å². The number of hydrogen-bond acceptors (Lipinski definition) is 3. The molecule has 0 aliphatic heterocycles. The minimum absolute atomic E-state index is 0.795. The first-order valence-corrected chi connectivity index (χ1v) is 7.04. The molecule has 3 rings (SSSR count). The second-order valence-corrected chi connectivity index (χ2v) is 5.09. The molecule has 1 aromatic carbocycles. The Balaban J connectivity index is 1.80. The quantitative estimate of drug-likeness (QED) is 0.879. The standard InChI is InChI=1S/C16H19N3/c1-2-10-17-15-9-11-18-16(19-15)14-7-5-13(6-8-14)12-3-4-12/h5-9,11-12H,2-4,10H2,1H3,(H,17,18,19). The van der Waals surface area contributed by atoms with Crippen molar-refractivity contribution < 1.29 is 0 Å². The molecule has 1 fully saturated rings.